The molecule has 8 heterocycles. The number of esters is 1. The van der Waals surface area contributed by atoms with Crippen LogP contribution in [0.1, 0.15) is 113 Å². The molecule has 15 nitrogen and oxygen atoms in total. The van der Waals surface area contributed by atoms with Crippen molar-refractivity contribution in [3.05, 3.63) is 93.6 Å². The van der Waals surface area contributed by atoms with Crippen LogP contribution in [-0.4, -0.2) is 148 Å². The average Bonchev–Trinajstić information content (AvgIpc) is 4.37. The Hall–Kier alpha value is -5.51. The van der Waals surface area contributed by atoms with Crippen LogP contribution in [0, 0.1) is 35.0 Å². The molecule has 406 valence electrons. The molecule has 8 bridgehead atoms. The van der Waals surface area contributed by atoms with E-state index in [1.807, 2.05) is 31.3 Å². The van der Waals surface area contributed by atoms with Gasteiger partial charge in [0, 0.05) is 116 Å². The Kier molecular flexibility index (Phi) is 14.4. The average molecular weight is 1060 g/mol. The first-order valence-corrected chi connectivity index (χ1v) is 29.2. The molecule has 2 amide bonds. The minimum Gasteiger partial charge on any atom is -0.464 e. The summed E-state index contributed by atoms with van der Waals surface area (Å²) in [6, 6.07) is 17.4. The lowest BCUT2D eigenvalue weighted by atomic mass is 9.73. The zero-order valence-corrected chi connectivity index (χ0v) is 46.6. The predicted octanol–water partition coefficient (Wildman–Crippen LogP) is 7.60. The van der Waals surface area contributed by atoms with Crippen LogP contribution >= 0.6 is 11.3 Å². The van der Waals surface area contributed by atoms with Crippen molar-refractivity contribution in [2.45, 2.75) is 128 Å². The third kappa shape index (κ3) is 10.2. The highest BCUT2D eigenvalue weighted by atomic mass is 32.1. The number of carbonyl (C=O) groups is 3. The molecule has 16 heteroatoms. The Morgan fingerprint density at radius 1 is 0.987 bits per heavy atom. The fourth-order valence-electron chi connectivity index (χ4n) is 13.3. The lowest BCUT2D eigenvalue weighted by molar-refractivity contribution is -0.172. The Morgan fingerprint density at radius 2 is 1.75 bits per heavy atom. The van der Waals surface area contributed by atoms with Crippen LogP contribution in [-0.2, 0) is 41.6 Å². The number of nitrogens with zero attached hydrogens (tertiary/aromatic N) is 7. The van der Waals surface area contributed by atoms with Crippen molar-refractivity contribution >= 4 is 40.0 Å². The lowest BCUT2D eigenvalue weighted by Crippen LogP contribution is -2.72. The largest absolute Gasteiger partial charge is 0.464 e. The van der Waals surface area contributed by atoms with Gasteiger partial charge >= 0.3 is 5.97 Å². The molecule has 3 aromatic heterocycles. The third-order valence-corrected chi connectivity index (χ3v) is 19.0. The van der Waals surface area contributed by atoms with Crippen molar-refractivity contribution in [1.29, 1.82) is 0 Å². The smallest absolute Gasteiger partial charge is 0.325 e. The van der Waals surface area contributed by atoms with E-state index in [4.69, 9.17) is 24.2 Å². The third-order valence-electron chi connectivity index (χ3n) is 18.1. The van der Waals surface area contributed by atoms with Gasteiger partial charge in [-0.3, -0.25) is 39.1 Å². The number of thiazole rings is 1. The molecule has 2 N–H and O–H groups in total. The molecule has 2 aromatic carbocycles. The number of cyclic esters (lactones) is 1. The van der Waals surface area contributed by atoms with E-state index in [2.05, 4.69) is 118 Å². The van der Waals surface area contributed by atoms with Crippen LogP contribution in [0.15, 0.2) is 66.2 Å². The van der Waals surface area contributed by atoms with Crippen molar-refractivity contribution in [2.24, 2.45) is 23.2 Å². The molecular formula is C61H75N9O6S. The zero-order chi connectivity index (χ0) is 53.3. The van der Waals surface area contributed by atoms with Gasteiger partial charge in [-0.25, -0.2) is 10.4 Å². The summed E-state index contributed by atoms with van der Waals surface area (Å²) >= 11 is 1.52. The molecule has 8 atom stereocenters. The number of pyridine rings is 1. The van der Waals surface area contributed by atoms with Gasteiger partial charge in [0.1, 0.15) is 17.1 Å². The number of piperazine rings is 1. The van der Waals surface area contributed by atoms with Crippen molar-refractivity contribution in [3.8, 4) is 34.4 Å². The first kappa shape index (κ1) is 52.2. The number of methoxy groups -OCH3 is 1. The Labute approximate surface area is 457 Å². The summed E-state index contributed by atoms with van der Waals surface area (Å²) in [7, 11) is 1.73. The van der Waals surface area contributed by atoms with Crippen LogP contribution in [0.3, 0.4) is 0 Å². The SMILES string of the molecule is CCn1c(-c2cc(C#C[C@@H](C)N3CCN(C4CC4)CC3)cnc2[C@H](C)OC)c2c3cc(ccc31)-c1csc(n1)[C@@H](N1CCOCC1)[C@H](NC(=O)[C@@H]1[C@@H](C)[C@H]1c1ccccc1)C(=O)N1N[C@H](C(=O)OCC(C)(C)C2)C2CC1C2. The Balaban J connectivity index is 0.962. The maximum Gasteiger partial charge on any atom is 0.325 e. The number of benzene rings is 2. The van der Waals surface area contributed by atoms with Gasteiger partial charge in [-0.15, -0.1) is 11.3 Å². The van der Waals surface area contributed by atoms with E-state index >= 15 is 4.79 Å². The summed E-state index contributed by atoms with van der Waals surface area (Å²) in [5, 5.41) is 8.91. The van der Waals surface area contributed by atoms with Gasteiger partial charge in [-0.05, 0) is 100.0 Å². The fraction of sp³-hybridized carbons (Fsp3) is 0.557. The van der Waals surface area contributed by atoms with E-state index in [9.17, 15) is 9.59 Å². The summed E-state index contributed by atoms with van der Waals surface area (Å²) in [6.07, 6.45) is 6.14. The van der Waals surface area contributed by atoms with E-state index in [-0.39, 0.29) is 66.2 Å². The van der Waals surface area contributed by atoms with E-state index in [1.165, 1.54) is 24.2 Å². The highest BCUT2D eigenvalue weighted by molar-refractivity contribution is 7.10. The molecular weight excluding hydrogens is 987 g/mol. The minimum absolute atomic E-state index is 0.0194. The number of aromatic nitrogens is 3. The molecule has 8 aliphatic rings. The summed E-state index contributed by atoms with van der Waals surface area (Å²) in [5.41, 5.74) is 11.6. The van der Waals surface area contributed by atoms with E-state index in [1.54, 1.807) is 12.1 Å². The van der Waals surface area contributed by atoms with Crippen LogP contribution < -0.4 is 10.7 Å². The number of carbonyl (C=O) groups excluding carboxylic acids is 3. The number of nitrogens with one attached hydrogen (secondary N) is 2. The molecule has 0 radical (unpaired) electrons. The van der Waals surface area contributed by atoms with E-state index in [0.717, 1.165) is 93.0 Å². The van der Waals surface area contributed by atoms with Crippen LogP contribution in [0.25, 0.3) is 33.4 Å². The van der Waals surface area contributed by atoms with Gasteiger partial charge in [-0.1, -0.05) is 69.0 Å². The van der Waals surface area contributed by atoms with Gasteiger partial charge in [0.05, 0.1) is 55.1 Å². The topological polar surface area (TPSA) is 147 Å². The molecule has 0 spiro atoms. The quantitative estimate of drug-likeness (QED) is 0.105. The molecule has 7 fully saturated rings. The summed E-state index contributed by atoms with van der Waals surface area (Å²) < 4.78 is 20.7. The maximum absolute atomic E-state index is 15.6. The Morgan fingerprint density at radius 3 is 2.48 bits per heavy atom. The summed E-state index contributed by atoms with van der Waals surface area (Å²) in [5.74, 6) is 6.22. The number of morpholine rings is 1. The number of hydrogen-bond donors (Lipinski definition) is 2. The van der Waals surface area contributed by atoms with Crippen LogP contribution in [0.2, 0.25) is 0 Å². The molecule has 5 aromatic rings. The summed E-state index contributed by atoms with van der Waals surface area (Å²) in [4.78, 5) is 62.8. The molecule has 4 saturated heterocycles. The predicted molar refractivity (Wildman–Crippen MR) is 298 cm³/mol. The van der Waals surface area contributed by atoms with E-state index in [0.29, 0.717) is 52.1 Å². The van der Waals surface area contributed by atoms with Gasteiger partial charge < -0.3 is 24.1 Å². The number of hydrogen-bond acceptors (Lipinski definition) is 13. The van der Waals surface area contributed by atoms with E-state index < -0.39 is 23.5 Å². The highest BCUT2D eigenvalue weighted by Gasteiger charge is 2.56. The van der Waals surface area contributed by atoms with Gasteiger partial charge in [0.25, 0.3) is 5.91 Å². The number of aryl methyl sites for hydroxylation is 1. The Bertz CT molecular complexity index is 3090. The van der Waals surface area contributed by atoms with Gasteiger partial charge in [0.15, 0.2) is 0 Å². The highest BCUT2D eigenvalue weighted by Crippen LogP contribution is 2.54. The summed E-state index contributed by atoms with van der Waals surface area (Å²) in [6.45, 7) is 20.0. The molecule has 5 aliphatic heterocycles. The fourth-order valence-corrected chi connectivity index (χ4v) is 14.3. The first-order chi connectivity index (χ1) is 37.3. The van der Waals surface area contributed by atoms with Crippen molar-refractivity contribution in [3.63, 3.8) is 0 Å². The second kappa shape index (κ2) is 21.3. The van der Waals surface area contributed by atoms with Crippen molar-refractivity contribution in [2.75, 3.05) is 66.2 Å². The monoisotopic (exact) mass is 1060 g/mol. The second-order valence-electron chi connectivity index (χ2n) is 23.7. The molecule has 77 heavy (non-hydrogen) atoms. The normalized spacial score (nSPS) is 28.6. The number of amides is 2. The van der Waals surface area contributed by atoms with Crippen molar-refractivity contribution < 1.29 is 28.6 Å². The van der Waals surface area contributed by atoms with Gasteiger partial charge in [-0.2, -0.15) is 0 Å². The van der Waals surface area contributed by atoms with Crippen molar-refractivity contribution in [1.82, 2.24) is 45.0 Å². The number of fused-ring (bicyclic) bond motifs is 4. The second-order valence-corrected chi connectivity index (χ2v) is 24.6. The van der Waals surface area contributed by atoms with Crippen LogP contribution in [0.4, 0.5) is 0 Å². The van der Waals surface area contributed by atoms with Crippen LogP contribution in [0.5, 0.6) is 0 Å². The standard InChI is InChI=1S/C61H75N9O6S/c1-8-69-49-19-16-41-31-45(49)47(55(69)46-28-39(33-62-52(46)38(4)74-7)15-14-36(2)66-20-22-67(23-21-66)43-17-18-43)32-61(5,6)35-76-60(73)53-42-29-44(30-42)70(65-53)59(72)54(56(58-63-48(41)34-77-58)68-24-26-75-27-25-68)64-57(71)51-37(3)50(51)40-12-10-9-11-13-40/h9-13,16,19,28,31,33-34,36-38,42-44,50-51,53-54,56,65H,8,17-18,20-27,29-30,32,35H2,1-7H3,(H,64,71)/t36-,37+,38+,42?,44?,50+,51-,53+,54+,56+/m1/s1. The lowest BCUT2D eigenvalue weighted by Gasteiger charge is -2.53. The first-order valence-electron chi connectivity index (χ1n) is 28.4. The molecule has 3 saturated carbocycles. The molecule has 0 unspecified atom stereocenters. The van der Waals surface area contributed by atoms with Gasteiger partial charge in [0.2, 0.25) is 5.91 Å². The number of rotatable bonds is 10. The number of hydrazine groups is 1. The maximum atomic E-state index is 15.6. The molecule has 13 rings (SSSR count). The zero-order valence-electron chi connectivity index (χ0n) is 45.8. The number of ether oxygens (including phenoxy) is 3. The molecule has 3 aliphatic carbocycles. The minimum atomic E-state index is -1.01.